The summed E-state index contributed by atoms with van der Waals surface area (Å²) in [6.45, 7) is 1.21. The highest BCUT2D eigenvalue weighted by atomic mass is 16.5. The van der Waals surface area contributed by atoms with E-state index < -0.39 is 0 Å². The van der Waals surface area contributed by atoms with E-state index in [9.17, 15) is 0 Å². The van der Waals surface area contributed by atoms with Crippen LogP contribution in [0.5, 0.6) is 5.75 Å². The van der Waals surface area contributed by atoms with Crippen LogP contribution in [0.4, 0.5) is 0 Å². The summed E-state index contributed by atoms with van der Waals surface area (Å²) in [6, 6.07) is 4.64. The van der Waals surface area contributed by atoms with Crippen LogP contribution in [-0.4, -0.2) is 41.0 Å². The van der Waals surface area contributed by atoms with Crippen molar-refractivity contribution in [2.75, 3.05) is 20.7 Å². The van der Waals surface area contributed by atoms with Crippen LogP contribution in [0.1, 0.15) is 25.1 Å². The molecule has 4 heteroatoms. The van der Waals surface area contributed by atoms with Gasteiger partial charge < -0.3 is 14.0 Å². The quantitative estimate of drug-likeness (QED) is 0.847. The van der Waals surface area contributed by atoms with Crippen LogP contribution >= 0.6 is 0 Å². The second-order valence-electron chi connectivity index (χ2n) is 5.37. The Morgan fingerprint density at radius 3 is 3.11 bits per heavy atom. The fourth-order valence-corrected chi connectivity index (χ4v) is 2.93. The molecule has 1 aliphatic heterocycles. The van der Waals surface area contributed by atoms with Crippen molar-refractivity contribution in [1.82, 2.24) is 14.3 Å². The molecule has 2 aromatic rings. The number of fused-ring (bicyclic) bond motifs is 1. The molecule has 0 saturated carbocycles. The lowest BCUT2D eigenvalue weighted by Gasteiger charge is -2.32. The summed E-state index contributed by atoms with van der Waals surface area (Å²) >= 11 is 0. The molecule has 4 nitrogen and oxygen atoms in total. The molecule has 0 N–H and O–H groups in total. The topological polar surface area (TPSA) is 29.8 Å². The van der Waals surface area contributed by atoms with E-state index in [1.54, 1.807) is 7.11 Å². The average Bonchev–Trinajstić information content (AvgIpc) is 2.83. The molecule has 0 amide bonds. The summed E-state index contributed by atoms with van der Waals surface area (Å²) in [4.78, 5) is 7.05. The molecular formula is C15H21N3O. The van der Waals surface area contributed by atoms with Crippen molar-refractivity contribution in [2.24, 2.45) is 0 Å². The van der Waals surface area contributed by atoms with Crippen molar-refractivity contribution in [2.45, 2.75) is 31.7 Å². The average molecular weight is 259 g/mol. The van der Waals surface area contributed by atoms with Gasteiger partial charge in [0.15, 0.2) is 0 Å². The van der Waals surface area contributed by atoms with Crippen molar-refractivity contribution < 1.29 is 4.74 Å². The van der Waals surface area contributed by atoms with Crippen molar-refractivity contribution in [3.8, 4) is 5.75 Å². The molecule has 0 radical (unpaired) electrons. The lowest BCUT2D eigenvalue weighted by atomic mass is 10.00. The summed E-state index contributed by atoms with van der Waals surface area (Å²) < 4.78 is 7.42. The van der Waals surface area contributed by atoms with Crippen molar-refractivity contribution >= 4 is 5.52 Å². The predicted molar refractivity (Wildman–Crippen MR) is 75.7 cm³/mol. The number of likely N-dealkylation sites (tertiary alicyclic amines) is 1. The van der Waals surface area contributed by atoms with Crippen LogP contribution in [0.3, 0.4) is 0 Å². The molecule has 3 rings (SSSR count). The van der Waals surface area contributed by atoms with E-state index in [0.717, 1.165) is 23.5 Å². The molecule has 0 bridgehead atoms. The third-order valence-corrected chi connectivity index (χ3v) is 4.16. The summed E-state index contributed by atoms with van der Waals surface area (Å²) in [5, 5.41) is 0. The standard InChI is InChI=1S/C15H21N3O/c1-17-7-4-3-5-12(17)10-15-16-11-13-9-14(19-2)6-8-18(13)15/h6,8-9,11-12H,3-5,7,10H2,1-2H3. The summed E-state index contributed by atoms with van der Waals surface area (Å²) in [7, 11) is 3.92. The summed E-state index contributed by atoms with van der Waals surface area (Å²) in [5.41, 5.74) is 1.10. The highest BCUT2D eigenvalue weighted by Crippen LogP contribution is 2.21. The summed E-state index contributed by atoms with van der Waals surface area (Å²) in [5.74, 6) is 2.03. The number of methoxy groups -OCH3 is 1. The Bertz CT molecular complexity index is 564. The molecule has 0 spiro atoms. The number of rotatable bonds is 3. The number of nitrogens with zero attached hydrogens (tertiary/aromatic N) is 3. The van der Waals surface area contributed by atoms with Gasteiger partial charge in [0.05, 0.1) is 18.8 Å². The van der Waals surface area contributed by atoms with Crippen LogP contribution in [0, 0.1) is 0 Å². The van der Waals surface area contributed by atoms with Gasteiger partial charge in [-0.05, 0) is 32.5 Å². The number of ether oxygens (including phenoxy) is 1. The number of piperidine rings is 1. The third-order valence-electron chi connectivity index (χ3n) is 4.16. The SMILES string of the molecule is COc1ccn2c(CC3CCCCN3C)ncc2c1. The lowest BCUT2D eigenvalue weighted by molar-refractivity contribution is 0.182. The van der Waals surface area contributed by atoms with E-state index >= 15 is 0 Å². The molecule has 19 heavy (non-hydrogen) atoms. The second kappa shape index (κ2) is 5.21. The van der Waals surface area contributed by atoms with E-state index in [1.807, 2.05) is 18.3 Å². The molecule has 3 heterocycles. The Balaban J connectivity index is 1.84. The van der Waals surface area contributed by atoms with Crippen molar-refractivity contribution in [3.05, 3.63) is 30.4 Å². The molecule has 2 aromatic heterocycles. The van der Waals surface area contributed by atoms with Gasteiger partial charge in [-0.15, -0.1) is 0 Å². The zero-order valence-corrected chi connectivity index (χ0v) is 11.7. The minimum Gasteiger partial charge on any atom is -0.497 e. The number of imidazole rings is 1. The first-order valence-corrected chi connectivity index (χ1v) is 6.98. The first kappa shape index (κ1) is 12.5. The van der Waals surface area contributed by atoms with Crippen LogP contribution < -0.4 is 4.74 Å². The molecule has 0 aliphatic carbocycles. The van der Waals surface area contributed by atoms with Gasteiger partial charge in [-0.1, -0.05) is 6.42 Å². The molecule has 1 unspecified atom stereocenters. The second-order valence-corrected chi connectivity index (χ2v) is 5.37. The van der Waals surface area contributed by atoms with E-state index in [1.165, 1.54) is 25.8 Å². The minimum absolute atomic E-state index is 0.626. The first-order valence-electron chi connectivity index (χ1n) is 6.98. The van der Waals surface area contributed by atoms with Gasteiger partial charge in [0.1, 0.15) is 11.6 Å². The highest BCUT2D eigenvalue weighted by molar-refractivity contribution is 5.50. The molecular weight excluding hydrogens is 238 g/mol. The smallest absolute Gasteiger partial charge is 0.122 e. The fourth-order valence-electron chi connectivity index (χ4n) is 2.93. The largest absolute Gasteiger partial charge is 0.497 e. The third kappa shape index (κ3) is 2.45. The molecule has 1 aliphatic rings. The zero-order chi connectivity index (χ0) is 13.2. The van der Waals surface area contributed by atoms with Gasteiger partial charge in [-0.25, -0.2) is 4.98 Å². The molecule has 1 saturated heterocycles. The van der Waals surface area contributed by atoms with Crippen LogP contribution in [0.25, 0.3) is 5.52 Å². The van der Waals surface area contributed by atoms with E-state index in [0.29, 0.717) is 6.04 Å². The van der Waals surface area contributed by atoms with Gasteiger partial charge in [0.25, 0.3) is 0 Å². The molecule has 1 atom stereocenters. The van der Waals surface area contributed by atoms with Gasteiger partial charge in [0.2, 0.25) is 0 Å². The van der Waals surface area contributed by atoms with Crippen LogP contribution in [-0.2, 0) is 6.42 Å². The molecule has 0 aromatic carbocycles. The molecule has 1 fully saturated rings. The first-order chi connectivity index (χ1) is 9.28. The van der Waals surface area contributed by atoms with Gasteiger partial charge >= 0.3 is 0 Å². The fraction of sp³-hybridized carbons (Fsp3) is 0.533. The maximum atomic E-state index is 5.25. The number of likely N-dealkylation sites (N-methyl/N-ethyl adjacent to an activating group) is 1. The van der Waals surface area contributed by atoms with Gasteiger partial charge in [0, 0.05) is 24.7 Å². The number of hydrogen-bond donors (Lipinski definition) is 0. The van der Waals surface area contributed by atoms with Crippen molar-refractivity contribution in [3.63, 3.8) is 0 Å². The Kier molecular flexibility index (Phi) is 3.42. The van der Waals surface area contributed by atoms with E-state index in [2.05, 4.69) is 27.5 Å². The highest BCUT2D eigenvalue weighted by Gasteiger charge is 2.20. The number of hydrogen-bond acceptors (Lipinski definition) is 3. The van der Waals surface area contributed by atoms with Crippen molar-refractivity contribution in [1.29, 1.82) is 0 Å². The summed E-state index contributed by atoms with van der Waals surface area (Å²) in [6.07, 6.45) is 8.96. The predicted octanol–water partition coefficient (Wildman–Crippen LogP) is 2.37. The van der Waals surface area contributed by atoms with E-state index in [4.69, 9.17) is 4.74 Å². The van der Waals surface area contributed by atoms with Gasteiger partial charge in [-0.3, -0.25) is 0 Å². The monoisotopic (exact) mass is 259 g/mol. The normalized spacial score (nSPS) is 20.8. The maximum Gasteiger partial charge on any atom is 0.122 e. The Morgan fingerprint density at radius 1 is 1.42 bits per heavy atom. The van der Waals surface area contributed by atoms with Gasteiger partial charge in [-0.2, -0.15) is 0 Å². The Morgan fingerprint density at radius 2 is 2.32 bits per heavy atom. The Labute approximate surface area is 114 Å². The minimum atomic E-state index is 0.626. The molecule has 102 valence electrons. The lowest BCUT2D eigenvalue weighted by Crippen LogP contribution is -2.38. The van der Waals surface area contributed by atoms with Crippen LogP contribution in [0.15, 0.2) is 24.5 Å². The Hall–Kier alpha value is -1.55. The van der Waals surface area contributed by atoms with Crippen LogP contribution in [0.2, 0.25) is 0 Å². The number of pyridine rings is 1. The number of aromatic nitrogens is 2. The zero-order valence-electron chi connectivity index (χ0n) is 11.7. The van der Waals surface area contributed by atoms with E-state index in [-0.39, 0.29) is 0 Å². The maximum absolute atomic E-state index is 5.25.